The van der Waals surface area contributed by atoms with Gasteiger partial charge in [0.05, 0.1) is 5.69 Å². The molecule has 0 radical (unpaired) electrons. The van der Waals surface area contributed by atoms with E-state index < -0.39 is 11.6 Å². The van der Waals surface area contributed by atoms with E-state index >= 15 is 0 Å². The van der Waals surface area contributed by atoms with Gasteiger partial charge in [0.2, 0.25) is 5.95 Å². The zero-order chi connectivity index (χ0) is 23.7. The molecule has 0 spiro atoms. The minimum atomic E-state index is -0.653. The number of nitrogens with zero attached hydrogens (tertiary/aromatic N) is 6. The molecule has 1 aromatic heterocycles. The number of likely N-dealkylation sites (N-methyl/N-ethyl adjacent to an activating group) is 1. The Bertz CT molecular complexity index is 1120. The van der Waals surface area contributed by atoms with Crippen LogP contribution in [0.3, 0.4) is 0 Å². The highest BCUT2D eigenvalue weighted by Gasteiger charge is 2.27. The lowest BCUT2D eigenvalue weighted by molar-refractivity contribution is 0.0982. The summed E-state index contributed by atoms with van der Waals surface area (Å²) in [7, 11) is 2.20. The summed E-state index contributed by atoms with van der Waals surface area (Å²) in [5.41, 5.74) is 3.50. The van der Waals surface area contributed by atoms with E-state index in [2.05, 4.69) is 56.2 Å². The first-order chi connectivity index (χ1) is 16.4. The average Bonchev–Trinajstić information content (AvgIpc) is 3.27. The van der Waals surface area contributed by atoms with Gasteiger partial charge in [-0.15, -0.1) is 5.10 Å². The number of piperazine rings is 1. The zero-order valence-electron chi connectivity index (χ0n) is 19.7. The lowest BCUT2D eigenvalue weighted by Gasteiger charge is -2.42. The van der Waals surface area contributed by atoms with Gasteiger partial charge in [0.15, 0.2) is 0 Å². The van der Waals surface area contributed by atoms with Crippen molar-refractivity contribution < 1.29 is 10.2 Å². The number of anilines is 3. The van der Waals surface area contributed by atoms with Crippen molar-refractivity contribution in [3.63, 3.8) is 0 Å². The van der Waals surface area contributed by atoms with Crippen LogP contribution in [0.2, 0.25) is 0 Å². The predicted octanol–water partition coefficient (Wildman–Crippen LogP) is 4.06. The molecule has 2 saturated heterocycles. The molecule has 3 aromatic rings. The number of aryl methyl sites for hydroxylation is 1. The number of hydrogen-bond donors (Lipinski definition) is 1. The fourth-order valence-corrected chi connectivity index (χ4v) is 4.94. The van der Waals surface area contributed by atoms with Crippen LogP contribution < -0.4 is 10.2 Å². The molecule has 1 N–H and O–H groups in total. The summed E-state index contributed by atoms with van der Waals surface area (Å²) in [6.07, 6.45) is 3.80. The number of halogens is 2. The SMILES string of the molecule is Cc1cc(Nc2ncn(-c3cc(F)cc(F)c3)n2)cc(N2CCC(N3CCN(C)CC3)CC2)c1.[HH]. The molecule has 2 aromatic carbocycles. The van der Waals surface area contributed by atoms with Crippen molar-refractivity contribution in [1.82, 2.24) is 24.6 Å². The van der Waals surface area contributed by atoms with Crippen LogP contribution in [0.5, 0.6) is 0 Å². The molecule has 3 heterocycles. The first-order valence-electron chi connectivity index (χ1n) is 11.9. The lowest BCUT2D eigenvalue weighted by Crippen LogP contribution is -2.52. The molecule has 9 heteroatoms. The van der Waals surface area contributed by atoms with Crippen molar-refractivity contribution in [3.8, 4) is 5.69 Å². The second kappa shape index (κ2) is 9.68. The summed E-state index contributed by atoms with van der Waals surface area (Å²) in [5, 5.41) is 7.57. The van der Waals surface area contributed by atoms with Gasteiger partial charge in [0.25, 0.3) is 0 Å². The zero-order valence-corrected chi connectivity index (χ0v) is 19.7. The second-order valence-corrected chi connectivity index (χ2v) is 9.38. The van der Waals surface area contributed by atoms with Gasteiger partial charge >= 0.3 is 0 Å². The number of rotatable bonds is 5. The third-order valence-electron chi connectivity index (χ3n) is 6.81. The van der Waals surface area contributed by atoms with Crippen molar-refractivity contribution >= 4 is 17.3 Å². The highest BCUT2D eigenvalue weighted by Crippen LogP contribution is 2.28. The molecule has 2 aliphatic rings. The van der Waals surface area contributed by atoms with Crippen LogP contribution in [-0.4, -0.2) is 76.9 Å². The summed E-state index contributed by atoms with van der Waals surface area (Å²) >= 11 is 0. The average molecular weight is 470 g/mol. The molecule has 182 valence electrons. The van der Waals surface area contributed by atoms with Gasteiger partial charge < -0.3 is 15.1 Å². The third kappa shape index (κ3) is 5.20. The van der Waals surface area contributed by atoms with Gasteiger partial charge in [-0.1, -0.05) is 0 Å². The van der Waals surface area contributed by atoms with E-state index in [4.69, 9.17) is 0 Å². The van der Waals surface area contributed by atoms with Crippen molar-refractivity contribution in [2.24, 2.45) is 0 Å². The van der Waals surface area contributed by atoms with E-state index in [9.17, 15) is 8.78 Å². The van der Waals surface area contributed by atoms with Crippen LogP contribution >= 0.6 is 0 Å². The number of hydrogen-bond acceptors (Lipinski definition) is 6. The van der Waals surface area contributed by atoms with E-state index in [-0.39, 0.29) is 7.11 Å². The van der Waals surface area contributed by atoms with Gasteiger partial charge in [-0.05, 0) is 62.7 Å². The van der Waals surface area contributed by atoms with Crippen LogP contribution in [0.15, 0.2) is 42.7 Å². The highest BCUT2D eigenvalue weighted by atomic mass is 19.1. The Hall–Kier alpha value is -3.04. The van der Waals surface area contributed by atoms with Gasteiger partial charge in [-0.2, -0.15) is 4.98 Å². The largest absolute Gasteiger partial charge is 0.371 e. The van der Waals surface area contributed by atoms with Gasteiger partial charge in [0.1, 0.15) is 18.0 Å². The number of nitrogens with one attached hydrogen (secondary N) is 1. The topological polar surface area (TPSA) is 52.5 Å². The summed E-state index contributed by atoms with van der Waals surface area (Å²) in [4.78, 5) is 11.8. The van der Waals surface area contributed by atoms with E-state index in [0.717, 1.165) is 43.5 Å². The molecule has 0 bridgehead atoms. The van der Waals surface area contributed by atoms with Gasteiger partial charge in [-0.3, -0.25) is 4.90 Å². The maximum Gasteiger partial charge on any atom is 0.246 e. The normalized spacial score (nSPS) is 18.4. The first-order valence-corrected chi connectivity index (χ1v) is 11.9. The Morgan fingerprint density at radius 2 is 1.59 bits per heavy atom. The smallest absolute Gasteiger partial charge is 0.246 e. The first kappa shape index (κ1) is 22.7. The van der Waals surface area contributed by atoms with Crippen LogP contribution in [-0.2, 0) is 0 Å². The molecule has 34 heavy (non-hydrogen) atoms. The fourth-order valence-electron chi connectivity index (χ4n) is 4.94. The molecule has 7 nitrogen and oxygen atoms in total. The standard InChI is InChI=1S/C25H31F2N7.H2/c1-18-11-21(29-25-28-17-34(30-25)24-14-19(26)13-20(27)15-24)16-23(12-18)32-5-3-22(4-6-32)33-9-7-31(2)8-10-33;/h11-17,22H,3-10H2,1-2H3,(H,29,30);1H. The van der Waals surface area contributed by atoms with E-state index in [1.54, 1.807) is 0 Å². The van der Waals surface area contributed by atoms with Crippen molar-refractivity contribution in [3.05, 3.63) is 59.9 Å². The lowest BCUT2D eigenvalue weighted by atomic mass is 10.0. The van der Waals surface area contributed by atoms with Gasteiger partial charge in [0, 0.05) is 64.2 Å². The van der Waals surface area contributed by atoms with E-state index in [1.165, 1.54) is 54.8 Å². The molecular weight excluding hydrogens is 436 g/mol. The molecule has 5 rings (SSSR count). The second-order valence-electron chi connectivity index (χ2n) is 9.38. The fraction of sp³-hybridized carbons (Fsp3) is 0.440. The molecule has 0 saturated carbocycles. The third-order valence-corrected chi connectivity index (χ3v) is 6.81. The summed E-state index contributed by atoms with van der Waals surface area (Å²) in [5.74, 6) is -0.936. The van der Waals surface area contributed by atoms with Crippen molar-refractivity contribution in [2.45, 2.75) is 25.8 Å². The minimum Gasteiger partial charge on any atom is -0.371 e. The van der Waals surface area contributed by atoms with Crippen molar-refractivity contribution in [1.29, 1.82) is 0 Å². The van der Waals surface area contributed by atoms with E-state index in [0.29, 0.717) is 12.0 Å². The van der Waals surface area contributed by atoms with Crippen LogP contribution in [0, 0.1) is 18.6 Å². The van der Waals surface area contributed by atoms with Crippen molar-refractivity contribution in [2.75, 3.05) is 56.5 Å². The molecule has 2 aliphatic heterocycles. The van der Waals surface area contributed by atoms with Crippen LogP contribution in [0.25, 0.3) is 5.69 Å². The summed E-state index contributed by atoms with van der Waals surface area (Å²) in [6, 6.07) is 10.3. The molecule has 0 aliphatic carbocycles. The molecule has 0 unspecified atom stereocenters. The number of aromatic nitrogens is 3. The maximum atomic E-state index is 13.6. The van der Waals surface area contributed by atoms with Gasteiger partial charge in [-0.25, -0.2) is 13.5 Å². The minimum absolute atomic E-state index is 0. The molecule has 0 amide bonds. The number of piperidine rings is 1. The van der Waals surface area contributed by atoms with E-state index in [1.807, 2.05) is 6.07 Å². The Morgan fingerprint density at radius 1 is 0.882 bits per heavy atom. The summed E-state index contributed by atoms with van der Waals surface area (Å²) in [6.45, 7) is 8.81. The molecule has 0 atom stereocenters. The Morgan fingerprint density at radius 3 is 2.29 bits per heavy atom. The monoisotopic (exact) mass is 469 g/mol. The summed E-state index contributed by atoms with van der Waals surface area (Å²) < 4.78 is 28.5. The quantitative estimate of drug-likeness (QED) is 0.608. The number of benzene rings is 2. The Balaban J connectivity index is 0.00000289. The van der Waals surface area contributed by atoms with Crippen LogP contribution in [0.4, 0.5) is 26.1 Å². The Kier molecular flexibility index (Phi) is 6.47. The predicted molar refractivity (Wildman–Crippen MR) is 132 cm³/mol. The highest BCUT2D eigenvalue weighted by molar-refractivity contribution is 5.64. The van der Waals surface area contributed by atoms with Crippen LogP contribution in [0.1, 0.15) is 19.8 Å². The Labute approximate surface area is 200 Å². The molecular formula is C25H33F2N7. The molecule has 2 fully saturated rings. The maximum absolute atomic E-state index is 13.6.